The molecular formula is C13H16ClFN2O. The van der Waals surface area contributed by atoms with Gasteiger partial charge in [-0.15, -0.1) is 0 Å². The van der Waals surface area contributed by atoms with E-state index in [9.17, 15) is 4.39 Å². The number of halogens is 2. The van der Waals surface area contributed by atoms with Crippen molar-refractivity contribution in [3.05, 3.63) is 34.6 Å². The Balaban J connectivity index is 2.59. The number of hydrogen-bond donors (Lipinski definition) is 1. The van der Waals surface area contributed by atoms with Crippen molar-refractivity contribution in [3.63, 3.8) is 0 Å². The number of ether oxygens (including phenoxy) is 1. The maximum absolute atomic E-state index is 13.6. The van der Waals surface area contributed by atoms with Gasteiger partial charge in [0.05, 0.1) is 6.07 Å². The predicted molar refractivity (Wildman–Crippen MR) is 68.9 cm³/mol. The van der Waals surface area contributed by atoms with Crippen LogP contribution in [0.4, 0.5) is 4.39 Å². The van der Waals surface area contributed by atoms with E-state index >= 15 is 0 Å². The number of rotatable bonds is 7. The van der Waals surface area contributed by atoms with Crippen molar-refractivity contribution in [2.45, 2.75) is 19.4 Å². The molecule has 98 valence electrons. The summed E-state index contributed by atoms with van der Waals surface area (Å²) in [5.41, 5.74) is 0.207. The number of benzene rings is 1. The number of nitrogens with one attached hydrogen (secondary N) is 1. The highest BCUT2D eigenvalue weighted by Crippen LogP contribution is 2.25. The Morgan fingerprint density at radius 3 is 2.94 bits per heavy atom. The molecule has 0 aliphatic rings. The lowest BCUT2D eigenvalue weighted by Gasteiger charge is -2.14. The Bertz CT molecular complexity index is 400. The largest absolute Gasteiger partial charge is 0.382 e. The van der Waals surface area contributed by atoms with E-state index in [1.165, 1.54) is 12.1 Å². The molecule has 0 aliphatic carbocycles. The number of nitrogens with zero attached hydrogens (tertiary/aromatic N) is 1. The molecule has 0 aliphatic heterocycles. The van der Waals surface area contributed by atoms with Crippen molar-refractivity contribution in [1.29, 1.82) is 5.26 Å². The van der Waals surface area contributed by atoms with Crippen LogP contribution in [0.5, 0.6) is 0 Å². The summed E-state index contributed by atoms with van der Waals surface area (Å²) in [4.78, 5) is 0. The molecule has 0 saturated heterocycles. The quantitative estimate of drug-likeness (QED) is 0.775. The van der Waals surface area contributed by atoms with E-state index in [-0.39, 0.29) is 10.6 Å². The fraction of sp³-hybridized carbons (Fsp3) is 0.462. The van der Waals surface area contributed by atoms with Gasteiger partial charge in [0.2, 0.25) is 0 Å². The summed E-state index contributed by atoms with van der Waals surface area (Å²) in [6.45, 7) is 3.78. The first-order chi connectivity index (χ1) is 8.70. The molecule has 0 saturated carbocycles. The van der Waals surface area contributed by atoms with E-state index in [0.717, 1.165) is 6.42 Å². The van der Waals surface area contributed by atoms with Crippen molar-refractivity contribution in [1.82, 2.24) is 5.32 Å². The molecule has 0 bridgehead atoms. The molecule has 1 aromatic rings. The van der Waals surface area contributed by atoms with E-state index in [0.29, 0.717) is 19.8 Å². The van der Waals surface area contributed by atoms with Crippen LogP contribution in [0.2, 0.25) is 5.02 Å². The lowest BCUT2D eigenvalue weighted by Crippen LogP contribution is -2.23. The van der Waals surface area contributed by atoms with Crippen LogP contribution >= 0.6 is 11.6 Å². The highest BCUT2D eigenvalue weighted by atomic mass is 35.5. The Morgan fingerprint density at radius 1 is 1.56 bits per heavy atom. The zero-order valence-corrected chi connectivity index (χ0v) is 11.0. The molecule has 1 rings (SSSR count). The van der Waals surface area contributed by atoms with Crippen LogP contribution in [0.25, 0.3) is 0 Å². The van der Waals surface area contributed by atoms with Crippen LogP contribution in [0.3, 0.4) is 0 Å². The smallest absolute Gasteiger partial charge is 0.130 e. The van der Waals surface area contributed by atoms with Crippen LogP contribution in [0.1, 0.15) is 24.9 Å². The minimum Gasteiger partial charge on any atom is -0.382 e. The second-order valence-corrected chi connectivity index (χ2v) is 4.11. The summed E-state index contributed by atoms with van der Waals surface area (Å²) in [5, 5.41) is 12.3. The van der Waals surface area contributed by atoms with E-state index < -0.39 is 11.9 Å². The van der Waals surface area contributed by atoms with Gasteiger partial charge in [-0.2, -0.15) is 5.26 Å². The van der Waals surface area contributed by atoms with Gasteiger partial charge in [0, 0.05) is 23.8 Å². The maximum atomic E-state index is 13.6. The third-order valence-electron chi connectivity index (χ3n) is 2.44. The minimum absolute atomic E-state index is 0.207. The van der Waals surface area contributed by atoms with Crippen molar-refractivity contribution < 1.29 is 9.13 Å². The Labute approximate surface area is 112 Å². The molecular weight excluding hydrogens is 255 g/mol. The second kappa shape index (κ2) is 8.04. The lowest BCUT2D eigenvalue weighted by molar-refractivity contribution is 0.144. The Hall–Kier alpha value is -1.15. The summed E-state index contributed by atoms with van der Waals surface area (Å²) >= 11 is 5.91. The van der Waals surface area contributed by atoms with Gasteiger partial charge in [-0.3, -0.25) is 5.32 Å². The van der Waals surface area contributed by atoms with Crippen LogP contribution in [-0.2, 0) is 4.74 Å². The molecule has 0 amide bonds. The van der Waals surface area contributed by atoms with Gasteiger partial charge in [0.15, 0.2) is 0 Å². The zero-order chi connectivity index (χ0) is 13.4. The number of hydrogen-bond acceptors (Lipinski definition) is 3. The summed E-state index contributed by atoms with van der Waals surface area (Å²) in [5.74, 6) is -0.466. The Kier molecular flexibility index (Phi) is 6.66. The van der Waals surface area contributed by atoms with Gasteiger partial charge in [0.1, 0.15) is 11.9 Å². The summed E-state index contributed by atoms with van der Waals surface area (Å²) < 4.78 is 18.8. The highest BCUT2D eigenvalue weighted by Gasteiger charge is 2.17. The molecule has 1 unspecified atom stereocenters. The van der Waals surface area contributed by atoms with E-state index in [1.54, 1.807) is 6.07 Å². The maximum Gasteiger partial charge on any atom is 0.130 e. The van der Waals surface area contributed by atoms with Crippen molar-refractivity contribution in [3.8, 4) is 6.07 Å². The topological polar surface area (TPSA) is 45.0 Å². The summed E-state index contributed by atoms with van der Waals surface area (Å²) in [7, 11) is 0. The van der Waals surface area contributed by atoms with Crippen LogP contribution in [0.15, 0.2) is 18.2 Å². The molecule has 0 spiro atoms. The van der Waals surface area contributed by atoms with E-state index in [1.807, 2.05) is 13.0 Å². The third-order valence-corrected chi connectivity index (χ3v) is 2.77. The molecule has 18 heavy (non-hydrogen) atoms. The highest BCUT2D eigenvalue weighted by molar-refractivity contribution is 6.31. The van der Waals surface area contributed by atoms with E-state index in [2.05, 4.69) is 5.32 Å². The van der Waals surface area contributed by atoms with Gasteiger partial charge < -0.3 is 4.74 Å². The molecule has 1 atom stereocenters. The van der Waals surface area contributed by atoms with Crippen molar-refractivity contribution >= 4 is 11.6 Å². The molecule has 0 fully saturated rings. The molecule has 5 heteroatoms. The monoisotopic (exact) mass is 270 g/mol. The average Bonchev–Trinajstić information content (AvgIpc) is 2.36. The van der Waals surface area contributed by atoms with Crippen LogP contribution < -0.4 is 5.32 Å². The number of nitriles is 1. The first-order valence-corrected chi connectivity index (χ1v) is 6.23. The lowest BCUT2D eigenvalue weighted by atomic mass is 10.1. The standard InChI is InChI=1S/C13H16ClFN2O/c1-2-18-8-4-7-17-12(9-16)13-10(14)5-3-6-11(13)15/h3,5-6,12,17H,2,4,7-8H2,1H3. The van der Waals surface area contributed by atoms with Gasteiger partial charge in [-0.1, -0.05) is 17.7 Å². The molecule has 3 nitrogen and oxygen atoms in total. The molecule has 0 radical (unpaired) electrons. The van der Waals surface area contributed by atoms with Gasteiger partial charge in [-0.25, -0.2) is 4.39 Å². The fourth-order valence-corrected chi connectivity index (χ4v) is 1.84. The Morgan fingerprint density at radius 2 is 2.33 bits per heavy atom. The van der Waals surface area contributed by atoms with E-state index in [4.69, 9.17) is 21.6 Å². The second-order valence-electron chi connectivity index (χ2n) is 3.70. The fourth-order valence-electron chi connectivity index (χ4n) is 1.56. The first kappa shape index (κ1) is 14.9. The summed E-state index contributed by atoms with van der Waals surface area (Å²) in [6.07, 6.45) is 0.762. The first-order valence-electron chi connectivity index (χ1n) is 5.85. The molecule has 0 aromatic heterocycles. The van der Waals surface area contributed by atoms with Crippen LogP contribution in [-0.4, -0.2) is 19.8 Å². The average molecular weight is 271 g/mol. The minimum atomic E-state index is -0.736. The van der Waals surface area contributed by atoms with Gasteiger partial charge >= 0.3 is 0 Å². The molecule has 0 heterocycles. The van der Waals surface area contributed by atoms with Crippen molar-refractivity contribution in [2.75, 3.05) is 19.8 Å². The molecule has 1 N–H and O–H groups in total. The predicted octanol–water partition coefficient (Wildman–Crippen LogP) is 3.06. The van der Waals surface area contributed by atoms with Gasteiger partial charge in [-0.05, 0) is 32.0 Å². The molecule has 1 aromatic carbocycles. The summed E-state index contributed by atoms with van der Waals surface area (Å²) in [6, 6.07) is 5.67. The third kappa shape index (κ3) is 4.26. The van der Waals surface area contributed by atoms with Crippen molar-refractivity contribution in [2.24, 2.45) is 0 Å². The van der Waals surface area contributed by atoms with Gasteiger partial charge in [0.25, 0.3) is 0 Å². The normalized spacial score (nSPS) is 12.1. The SMILES string of the molecule is CCOCCCNC(C#N)c1c(F)cccc1Cl. The zero-order valence-electron chi connectivity index (χ0n) is 10.2. The van der Waals surface area contributed by atoms with Crippen LogP contribution in [0, 0.1) is 17.1 Å².